The predicted octanol–water partition coefficient (Wildman–Crippen LogP) is 4.58. The van der Waals surface area contributed by atoms with Crippen LogP contribution < -0.4 is 0 Å². The van der Waals surface area contributed by atoms with E-state index in [9.17, 15) is 0 Å². The summed E-state index contributed by atoms with van der Waals surface area (Å²) >= 11 is 0. The fraction of sp³-hybridized carbons (Fsp3) is 0.0500. The van der Waals surface area contributed by atoms with Gasteiger partial charge in [-0.15, -0.1) is 10.2 Å². The Morgan fingerprint density at radius 1 is 1.07 bits per heavy atom. The van der Waals surface area contributed by atoms with E-state index in [1.54, 1.807) is 22.8 Å². The van der Waals surface area contributed by atoms with Crippen molar-refractivity contribution in [3.05, 3.63) is 78.0 Å². The van der Waals surface area contributed by atoms with E-state index in [4.69, 9.17) is 6.57 Å². The van der Waals surface area contributed by atoms with Crippen molar-refractivity contribution in [3.8, 4) is 17.2 Å². The minimum absolute atomic E-state index is 0.278. The zero-order valence-electron chi connectivity index (χ0n) is 15.8. The normalized spacial score (nSPS) is 11.3. The first-order valence-corrected chi connectivity index (χ1v) is 9.04. The number of nitrogens with one attached hydrogen (secondary N) is 1. The van der Waals surface area contributed by atoms with Crippen LogP contribution in [0.15, 0.2) is 71.2 Å². The molecule has 0 radical (unpaired) electrons. The highest BCUT2D eigenvalue weighted by Gasteiger charge is 2.18. The number of fused-ring (bicyclic) bond motifs is 1. The number of nitrogens with zero attached hydrogens (tertiary/aromatic N) is 9. The van der Waals surface area contributed by atoms with Crippen molar-refractivity contribution >= 4 is 22.8 Å². The van der Waals surface area contributed by atoms with E-state index in [0.717, 1.165) is 5.56 Å². The standard InChI is InChI=1S/C20H14N10/c1-13-17(20-27-25-18(30(20)28-13)14-8-4-3-5-9-14)24-26-19-15(21-2)12-23-29(19)16-10-6-7-11-22-16/h3-12,27H,1H3/b26-24+. The quantitative estimate of drug-likeness (QED) is 0.356. The number of azo groups is 1. The summed E-state index contributed by atoms with van der Waals surface area (Å²) in [5.74, 6) is 1.52. The van der Waals surface area contributed by atoms with Crippen LogP contribution in [0, 0.1) is 13.5 Å². The lowest BCUT2D eigenvalue weighted by Gasteiger charge is -2.02. The van der Waals surface area contributed by atoms with Gasteiger partial charge in [0.05, 0.1) is 18.5 Å². The molecule has 0 aliphatic heterocycles. The maximum Gasteiger partial charge on any atom is 0.252 e. The summed E-state index contributed by atoms with van der Waals surface area (Å²) in [7, 11) is 0. The summed E-state index contributed by atoms with van der Waals surface area (Å²) in [6, 6.07) is 15.2. The number of aryl methyl sites for hydroxylation is 1. The summed E-state index contributed by atoms with van der Waals surface area (Å²) in [4.78, 5) is 7.76. The highest BCUT2D eigenvalue weighted by atomic mass is 15.4. The van der Waals surface area contributed by atoms with Crippen LogP contribution in [0.3, 0.4) is 0 Å². The van der Waals surface area contributed by atoms with Crippen LogP contribution in [0.25, 0.3) is 27.7 Å². The average molecular weight is 394 g/mol. The lowest BCUT2D eigenvalue weighted by molar-refractivity contribution is 0.839. The van der Waals surface area contributed by atoms with Gasteiger partial charge < -0.3 is 0 Å². The number of benzene rings is 1. The molecule has 4 heterocycles. The van der Waals surface area contributed by atoms with Gasteiger partial charge in [0.25, 0.3) is 5.69 Å². The third-order valence-corrected chi connectivity index (χ3v) is 4.49. The number of H-pyrrole nitrogens is 1. The van der Waals surface area contributed by atoms with Crippen LogP contribution in [-0.4, -0.2) is 34.6 Å². The Bertz CT molecular complexity index is 1400. The van der Waals surface area contributed by atoms with Crippen molar-refractivity contribution in [2.24, 2.45) is 10.2 Å². The Balaban J connectivity index is 1.59. The zero-order valence-corrected chi connectivity index (χ0v) is 15.8. The van der Waals surface area contributed by atoms with Crippen LogP contribution >= 0.6 is 0 Å². The molecular weight excluding hydrogens is 380 g/mol. The van der Waals surface area contributed by atoms with Gasteiger partial charge in [-0.1, -0.05) is 36.4 Å². The third kappa shape index (κ3) is 2.82. The fourth-order valence-electron chi connectivity index (χ4n) is 3.07. The molecule has 30 heavy (non-hydrogen) atoms. The van der Waals surface area contributed by atoms with E-state index >= 15 is 0 Å². The summed E-state index contributed by atoms with van der Waals surface area (Å²) < 4.78 is 3.18. The Labute approximate surface area is 170 Å². The smallest absolute Gasteiger partial charge is 0.252 e. The first-order chi connectivity index (χ1) is 14.8. The molecule has 4 aromatic heterocycles. The molecule has 0 unspecified atom stereocenters. The van der Waals surface area contributed by atoms with E-state index in [1.165, 1.54) is 10.9 Å². The van der Waals surface area contributed by atoms with Crippen molar-refractivity contribution in [2.75, 3.05) is 0 Å². The Kier molecular flexibility index (Phi) is 4.11. The molecule has 0 spiro atoms. The van der Waals surface area contributed by atoms with Crippen LogP contribution in [0.2, 0.25) is 0 Å². The number of hydrogen-bond acceptors (Lipinski definition) is 6. The van der Waals surface area contributed by atoms with Gasteiger partial charge in [0.2, 0.25) is 0 Å². The molecule has 0 saturated carbocycles. The second-order valence-corrected chi connectivity index (χ2v) is 6.37. The summed E-state index contributed by atoms with van der Waals surface area (Å²) in [5.41, 5.74) is 3.04. The molecule has 5 aromatic rings. The SMILES string of the molecule is [C-]#[N+]c1cnn(-c2ccccn2)c1/N=N/c1c(C)nn2c(-c3ccccc3)n[nH]c12. The topological polar surface area (TPSA) is 106 Å². The van der Waals surface area contributed by atoms with Gasteiger partial charge in [0.1, 0.15) is 0 Å². The van der Waals surface area contributed by atoms with Gasteiger partial charge in [0.15, 0.2) is 28.8 Å². The van der Waals surface area contributed by atoms with Gasteiger partial charge in [-0.25, -0.2) is 14.5 Å². The Morgan fingerprint density at radius 3 is 2.67 bits per heavy atom. The molecule has 0 amide bonds. The molecule has 0 bridgehead atoms. The van der Waals surface area contributed by atoms with Crippen molar-refractivity contribution in [1.82, 2.24) is 34.6 Å². The monoisotopic (exact) mass is 394 g/mol. The molecule has 0 aliphatic rings. The summed E-state index contributed by atoms with van der Waals surface area (Å²) in [5, 5.41) is 24.8. The molecule has 0 saturated heterocycles. The van der Waals surface area contributed by atoms with E-state index < -0.39 is 0 Å². The zero-order chi connectivity index (χ0) is 20.5. The van der Waals surface area contributed by atoms with Gasteiger partial charge >= 0.3 is 0 Å². The fourth-order valence-corrected chi connectivity index (χ4v) is 3.07. The number of rotatable bonds is 4. The number of pyridine rings is 1. The largest absolute Gasteiger partial charge is 0.257 e. The maximum atomic E-state index is 7.40. The molecule has 144 valence electrons. The molecule has 1 aromatic carbocycles. The second kappa shape index (κ2) is 7.06. The predicted molar refractivity (Wildman–Crippen MR) is 109 cm³/mol. The summed E-state index contributed by atoms with van der Waals surface area (Å²) in [6.07, 6.45) is 3.09. The molecule has 0 fully saturated rings. The van der Waals surface area contributed by atoms with Gasteiger partial charge in [-0.2, -0.15) is 19.8 Å². The van der Waals surface area contributed by atoms with Crippen molar-refractivity contribution in [1.29, 1.82) is 0 Å². The average Bonchev–Trinajstić information content (AvgIpc) is 3.47. The van der Waals surface area contributed by atoms with E-state index in [-0.39, 0.29) is 5.69 Å². The van der Waals surface area contributed by atoms with E-state index in [2.05, 4.69) is 40.5 Å². The first kappa shape index (κ1) is 17.4. The highest BCUT2D eigenvalue weighted by Crippen LogP contribution is 2.33. The Hall–Kier alpha value is -4.65. The van der Waals surface area contributed by atoms with Crippen LogP contribution in [0.4, 0.5) is 17.2 Å². The second-order valence-electron chi connectivity index (χ2n) is 6.37. The molecular formula is C20H14N10. The molecule has 0 aliphatic carbocycles. The molecule has 10 nitrogen and oxygen atoms in total. The lowest BCUT2D eigenvalue weighted by Crippen LogP contribution is -1.97. The van der Waals surface area contributed by atoms with E-state index in [1.807, 2.05) is 43.3 Å². The minimum atomic E-state index is 0.278. The van der Waals surface area contributed by atoms with Gasteiger partial charge in [-0.05, 0) is 19.1 Å². The molecule has 10 heteroatoms. The minimum Gasteiger partial charge on any atom is -0.257 e. The molecule has 0 atom stereocenters. The lowest BCUT2D eigenvalue weighted by atomic mass is 10.2. The van der Waals surface area contributed by atoms with Crippen LogP contribution in [0.5, 0.6) is 0 Å². The van der Waals surface area contributed by atoms with Gasteiger partial charge in [-0.3, -0.25) is 5.10 Å². The Morgan fingerprint density at radius 2 is 1.90 bits per heavy atom. The maximum absolute atomic E-state index is 7.40. The third-order valence-electron chi connectivity index (χ3n) is 4.49. The molecule has 5 rings (SSSR count). The van der Waals surface area contributed by atoms with Crippen molar-refractivity contribution < 1.29 is 0 Å². The van der Waals surface area contributed by atoms with Crippen molar-refractivity contribution in [2.45, 2.75) is 6.92 Å². The number of hydrogen-bond donors (Lipinski definition) is 1. The summed E-state index contributed by atoms with van der Waals surface area (Å²) in [6.45, 7) is 9.25. The van der Waals surface area contributed by atoms with E-state index in [0.29, 0.717) is 34.5 Å². The number of aromatic amines is 1. The number of aromatic nitrogens is 7. The van der Waals surface area contributed by atoms with Crippen molar-refractivity contribution in [3.63, 3.8) is 0 Å². The highest BCUT2D eigenvalue weighted by molar-refractivity contribution is 5.71. The first-order valence-electron chi connectivity index (χ1n) is 9.04. The van der Waals surface area contributed by atoms with Crippen LogP contribution in [-0.2, 0) is 0 Å². The van der Waals surface area contributed by atoms with Crippen LogP contribution in [0.1, 0.15) is 5.69 Å². The van der Waals surface area contributed by atoms with Gasteiger partial charge in [0, 0.05) is 11.8 Å². The molecule has 1 N–H and O–H groups in total.